The van der Waals surface area contributed by atoms with Gasteiger partial charge < -0.3 is 18.9 Å². The van der Waals surface area contributed by atoms with Crippen molar-refractivity contribution in [2.45, 2.75) is 0 Å². The van der Waals surface area contributed by atoms with Crippen molar-refractivity contribution in [3.05, 3.63) is 67.0 Å². The summed E-state index contributed by atoms with van der Waals surface area (Å²) in [6.07, 6.45) is 1.48. The number of ether oxygens (including phenoxy) is 4. The molecule has 0 aliphatic heterocycles. The van der Waals surface area contributed by atoms with E-state index in [4.69, 9.17) is 18.9 Å². The summed E-state index contributed by atoms with van der Waals surface area (Å²) in [5.41, 5.74) is -0.177. The van der Waals surface area contributed by atoms with Crippen LogP contribution < -0.4 is 30.2 Å². The highest BCUT2D eigenvalue weighted by atomic mass is 127. The van der Waals surface area contributed by atoms with Crippen molar-refractivity contribution in [3.8, 4) is 34.4 Å². The molecule has 3 aromatic rings. The van der Waals surface area contributed by atoms with E-state index in [0.29, 0.717) is 37.9 Å². The van der Waals surface area contributed by atoms with Gasteiger partial charge in [-0.3, -0.25) is 9.36 Å². The molecule has 0 amide bonds. The fraction of sp³-hybridized carbons (Fsp3) is 0.200. The summed E-state index contributed by atoms with van der Waals surface area (Å²) < 4.78 is 23.9. The van der Waals surface area contributed by atoms with Gasteiger partial charge in [-0.25, -0.2) is 9.36 Å². The molecule has 0 unspecified atom stereocenters. The summed E-state index contributed by atoms with van der Waals surface area (Å²) in [5.74, 6) is 1.95. The third-order valence-corrected chi connectivity index (χ3v) is 5.00. The Morgan fingerprint density at radius 1 is 0.690 bits per heavy atom. The number of aromatic nitrogens is 2. The van der Waals surface area contributed by atoms with Gasteiger partial charge >= 0.3 is 5.69 Å². The van der Waals surface area contributed by atoms with Gasteiger partial charge in [-0.2, -0.15) is 0 Å². The van der Waals surface area contributed by atoms with Crippen LogP contribution in [0.4, 0.5) is 0 Å². The van der Waals surface area contributed by atoms with Crippen molar-refractivity contribution in [1.82, 2.24) is 9.13 Å². The second-order valence-electron chi connectivity index (χ2n) is 5.91. The average molecular weight is 510 g/mol. The maximum atomic E-state index is 13.3. The van der Waals surface area contributed by atoms with E-state index in [1.165, 1.54) is 39.2 Å². The highest BCUT2D eigenvalue weighted by molar-refractivity contribution is 14.1. The highest BCUT2D eigenvalue weighted by Crippen LogP contribution is 2.26. The van der Waals surface area contributed by atoms with E-state index in [9.17, 15) is 9.59 Å². The van der Waals surface area contributed by atoms with Crippen LogP contribution in [0, 0.1) is 3.57 Å². The lowest BCUT2D eigenvalue weighted by atomic mass is 10.2. The Balaban J connectivity index is 2.32. The quantitative estimate of drug-likeness (QED) is 0.475. The minimum absolute atomic E-state index is 0.332. The van der Waals surface area contributed by atoms with Crippen LogP contribution >= 0.6 is 22.6 Å². The monoisotopic (exact) mass is 510 g/mol. The summed E-state index contributed by atoms with van der Waals surface area (Å²) in [4.78, 5) is 26.1. The average Bonchev–Trinajstić information content (AvgIpc) is 2.75. The van der Waals surface area contributed by atoms with Crippen molar-refractivity contribution in [3.63, 3.8) is 0 Å². The van der Waals surface area contributed by atoms with E-state index >= 15 is 0 Å². The van der Waals surface area contributed by atoms with Crippen LogP contribution in [0.3, 0.4) is 0 Å². The number of methoxy groups -OCH3 is 4. The first-order chi connectivity index (χ1) is 13.9. The number of rotatable bonds is 6. The Hall–Kier alpha value is -2.95. The molecular weight excluding hydrogens is 491 g/mol. The molecule has 0 saturated carbocycles. The molecule has 1 heterocycles. The summed E-state index contributed by atoms with van der Waals surface area (Å²) in [7, 11) is 6.04. The van der Waals surface area contributed by atoms with Crippen LogP contribution in [0.15, 0.2) is 52.2 Å². The number of benzene rings is 2. The third-order valence-electron chi connectivity index (χ3n) is 4.26. The molecule has 0 saturated heterocycles. The number of hydrogen-bond acceptors (Lipinski definition) is 6. The van der Waals surface area contributed by atoms with E-state index in [1.807, 2.05) is 22.6 Å². The molecule has 3 rings (SSSR count). The molecule has 152 valence electrons. The standard InChI is InChI=1S/C20H19IN2O6/c1-26-14-5-12(6-15(9-14)27-2)22-11-18(21)19(24)23(20(22)25)13-7-16(28-3)10-17(8-13)29-4/h5-11H,1-4H3. The fourth-order valence-electron chi connectivity index (χ4n) is 2.79. The van der Waals surface area contributed by atoms with Crippen molar-refractivity contribution in [1.29, 1.82) is 0 Å². The van der Waals surface area contributed by atoms with Crippen LogP contribution in [0.1, 0.15) is 0 Å². The van der Waals surface area contributed by atoms with Crippen LogP contribution in [-0.2, 0) is 0 Å². The zero-order chi connectivity index (χ0) is 21.1. The molecule has 29 heavy (non-hydrogen) atoms. The van der Waals surface area contributed by atoms with E-state index in [2.05, 4.69) is 0 Å². The lowest BCUT2D eigenvalue weighted by Gasteiger charge is -2.14. The Labute approximate surface area is 180 Å². The van der Waals surface area contributed by atoms with Gasteiger partial charge in [-0.15, -0.1) is 0 Å². The molecule has 9 heteroatoms. The van der Waals surface area contributed by atoms with Crippen LogP contribution in [-0.4, -0.2) is 37.6 Å². The predicted molar refractivity (Wildman–Crippen MR) is 117 cm³/mol. The molecule has 0 aliphatic rings. The number of hydrogen-bond donors (Lipinski definition) is 0. The topological polar surface area (TPSA) is 80.9 Å². The molecular formula is C20H19IN2O6. The highest BCUT2D eigenvalue weighted by Gasteiger charge is 2.16. The van der Waals surface area contributed by atoms with Crippen LogP contribution in [0.5, 0.6) is 23.0 Å². The van der Waals surface area contributed by atoms with Gasteiger partial charge in [0.05, 0.1) is 43.4 Å². The summed E-state index contributed by atoms with van der Waals surface area (Å²) in [6, 6.07) is 9.91. The molecule has 0 aliphatic carbocycles. The predicted octanol–water partition coefficient (Wildman–Crippen LogP) is 2.63. The zero-order valence-electron chi connectivity index (χ0n) is 16.3. The first-order valence-electron chi connectivity index (χ1n) is 8.43. The van der Waals surface area contributed by atoms with Gasteiger partial charge in [0.1, 0.15) is 23.0 Å². The van der Waals surface area contributed by atoms with Crippen molar-refractivity contribution in [2.75, 3.05) is 28.4 Å². The Kier molecular flexibility index (Phi) is 6.16. The molecule has 0 fully saturated rings. The number of nitrogens with zero attached hydrogens (tertiary/aromatic N) is 2. The maximum Gasteiger partial charge on any atom is 0.340 e. The van der Waals surface area contributed by atoms with Crippen molar-refractivity contribution < 1.29 is 18.9 Å². The third kappa shape index (κ3) is 4.09. The second-order valence-corrected chi connectivity index (χ2v) is 7.07. The van der Waals surface area contributed by atoms with E-state index in [-0.39, 0.29) is 0 Å². The largest absolute Gasteiger partial charge is 0.497 e. The Morgan fingerprint density at radius 3 is 1.52 bits per heavy atom. The molecule has 0 radical (unpaired) electrons. The van der Waals surface area contributed by atoms with Gasteiger partial charge in [-0.05, 0) is 22.6 Å². The van der Waals surface area contributed by atoms with Gasteiger partial charge in [0.2, 0.25) is 0 Å². The van der Waals surface area contributed by atoms with E-state index in [0.717, 1.165) is 4.57 Å². The van der Waals surface area contributed by atoms with Crippen molar-refractivity contribution >= 4 is 22.6 Å². The molecule has 0 bridgehead atoms. The Bertz CT molecular complexity index is 1120. The molecule has 1 aromatic heterocycles. The summed E-state index contributed by atoms with van der Waals surface area (Å²) in [5, 5.41) is 0. The molecule has 0 spiro atoms. The second kappa shape index (κ2) is 8.60. The summed E-state index contributed by atoms with van der Waals surface area (Å²) in [6.45, 7) is 0. The fourth-order valence-corrected chi connectivity index (χ4v) is 3.31. The molecule has 8 nitrogen and oxygen atoms in total. The summed E-state index contributed by atoms with van der Waals surface area (Å²) >= 11 is 1.90. The van der Waals surface area contributed by atoms with Crippen LogP contribution in [0.2, 0.25) is 0 Å². The zero-order valence-corrected chi connectivity index (χ0v) is 18.4. The lowest BCUT2D eigenvalue weighted by molar-refractivity contribution is 0.394. The van der Waals surface area contributed by atoms with E-state index < -0.39 is 11.2 Å². The lowest BCUT2D eigenvalue weighted by Crippen LogP contribution is -2.39. The van der Waals surface area contributed by atoms with Gasteiger partial charge in [0.15, 0.2) is 0 Å². The van der Waals surface area contributed by atoms with Gasteiger partial charge in [-0.1, -0.05) is 0 Å². The minimum atomic E-state index is -0.555. The first kappa shape index (κ1) is 20.8. The first-order valence-corrected chi connectivity index (χ1v) is 9.50. The van der Waals surface area contributed by atoms with Crippen LogP contribution in [0.25, 0.3) is 11.4 Å². The van der Waals surface area contributed by atoms with Gasteiger partial charge in [0, 0.05) is 42.6 Å². The maximum absolute atomic E-state index is 13.3. The normalized spacial score (nSPS) is 10.5. The SMILES string of the molecule is COc1cc(OC)cc(-n2cc(I)c(=O)n(-c3cc(OC)cc(OC)c3)c2=O)c1. The smallest absolute Gasteiger partial charge is 0.340 e. The van der Waals surface area contributed by atoms with Gasteiger partial charge in [0.25, 0.3) is 5.56 Å². The minimum Gasteiger partial charge on any atom is -0.497 e. The van der Waals surface area contributed by atoms with E-state index in [1.54, 1.807) is 36.4 Å². The molecule has 0 N–H and O–H groups in total. The number of halogens is 1. The molecule has 2 aromatic carbocycles. The van der Waals surface area contributed by atoms with Crippen molar-refractivity contribution in [2.24, 2.45) is 0 Å². The Morgan fingerprint density at radius 2 is 1.10 bits per heavy atom. The molecule has 0 atom stereocenters.